The Bertz CT molecular complexity index is 210. The van der Waals surface area contributed by atoms with Crippen molar-refractivity contribution < 1.29 is 4.39 Å². The summed E-state index contributed by atoms with van der Waals surface area (Å²) in [6.07, 6.45) is 0. The van der Waals surface area contributed by atoms with Gasteiger partial charge in [0.2, 0.25) is 0 Å². The van der Waals surface area contributed by atoms with Gasteiger partial charge in [0.15, 0.2) is 0 Å². The number of rotatable bonds is 2. The molecule has 0 saturated heterocycles. The van der Waals surface area contributed by atoms with Crippen molar-refractivity contribution in [1.29, 1.82) is 0 Å². The molecule has 0 fully saturated rings. The van der Waals surface area contributed by atoms with Gasteiger partial charge in [-0.2, -0.15) is 0 Å². The van der Waals surface area contributed by atoms with E-state index in [1.807, 2.05) is 31.2 Å². The van der Waals surface area contributed by atoms with Crippen molar-refractivity contribution in [2.75, 3.05) is 6.01 Å². The van der Waals surface area contributed by atoms with E-state index in [2.05, 4.69) is 0 Å². The average molecular weight is 156 g/mol. The summed E-state index contributed by atoms with van der Waals surface area (Å²) in [5.74, 6) is 0. The molecule has 2 heteroatoms. The van der Waals surface area contributed by atoms with Crippen LogP contribution in [0.3, 0.4) is 0 Å². The van der Waals surface area contributed by atoms with Gasteiger partial charge in [0.1, 0.15) is 6.01 Å². The highest BCUT2D eigenvalue weighted by Gasteiger charge is 1.90. The van der Waals surface area contributed by atoms with Crippen molar-refractivity contribution in [3.05, 3.63) is 29.8 Å². The minimum absolute atomic E-state index is 0.344. The second-order valence-corrected chi connectivity index (χ2v) is 3.05. The summed E-state index contributed by atoms with van der Waals surface area (Å²) >= 11 is 1.22. The van der Waals surface area contributed by atoms with Crippen LogP contribution in [-0.2, 0) is 0 Å². The van der Waals surface area contributed by atoms with Crippen molar-refractivity contribution >= 4 is 11.8 Å². The predicted molar refractivity (Wildman–Crippen MR) is 43.0 cm³/mol. The lowest BCUT2D eigenvalue weighted by Crippen LogP contribution is -1.73. The zero-order valence-corrected chi connectivity index (χ0v) is 6.62. The first-order valence-electron chi connectivity index (χ1n) is 3.08. The van der Waals surface area contributed by atoms with Crippen LogP contribution in [-0.4, -0.2) is 6.01 Å². The van der Waals surface area contributed by atoms with Crippen LogP contribution in [0.25, 0.3) is 0 Å². The number of thioether (sulfide) groups is 1. The van der Waals surface area contributed by atoms with Gasteiger partial charge in [0.05, 0.1) is 0 Å². The van der Waals surface area contributed by atoms with E-state index in [0.29, 0.717) is 0 Å². The van der Waals surface area contributed by atoms with Gasteiger partial charge >= 0.3 is 0 Å². The molecule has 0 nitrogen and oxygen atoms in total. The molecule has 1 aromatic carbocycles. The third-order valence-corrected chi connectivity index (χ3v) is 1.91. The lowest BCUT2D eigenvalue weighted by Gasteiger charge is -1.96. The van der Waals surface area contributed by atoms with Gasteiger partial charge < -0.3 is 0 Å². The molecule has 0 unspecified atom stereocenters. The molecule has 0 heterocycles. The van der Waals surface area contributed by atoms with E-state index in [4.69, 9.17) is 0 Å². The van der Waals surface area contributed by atoms with Gasteiger partial charge in [0.25, 0.3) is 0 Å². The number of benzene rings is 1. The lowest BCUT2D eigenvalue weighted by molar-refractivity contribution is 0.605. The Morgan fingerprint density at radius 2 is 2.30 bits per heavy atom. The molecule has 1 rings (SSSR count). The van der Waals surface area contributed by atoms with Gasteiger partial charge in [-0.1, -0.05) is 29.5 Å². The van der Waals surface area contributed by atoms with Gasteiger partial charge in [-0.15, -0.1) is 0 Å². The first-order chi connectivity index (χ1) is 4.83. The largest absolute Gasteiger partial charge is 0.239 e. The molecule has 10 heavy (non-hydrogen) atoms. The molecular formula is C8H9FS. The maximum Gasteiger partial charge on any atom is 0.139 e. The Balaban J connectivity index is 2.75. The summed E-state index contributed by atoms with van der Waals surface area (Å²) in [6, 6.07) is 7.49. The van der Waals surface area contributed by atoms with Crippen molar-refractivity contribution in [2.45, 2.75) is 11.8 Å². The zero-order chi connectivity index (χ0) is 7.40. The Morgan fingerprint density at radius 3 is 2.90 bits per heavy atom. The molecule has 0 atom stereocenters. The first kappa shape index (κ1) is 7.61. The summed E-state index contributed by atoms with van der Waals surface area (Å²) in [7, 11) is 0. The molecule has 1 aromatic rings. The quantitative estimate of drug-likeness (QED) is 0.593. The molecule has 54 valence electrons. The highest BCUT2D eigenvalue weighted by atomic mass is 32.2. The van der Waals surface area contributed by atoms with Crippen LogP contribution in [0.5, 0.6) is 0 Å². The summed E-state index contributed by atoms with van der Waals surface area (Å²) < 4.78 is 11.8. The fourth-order valence-corrected chi connectivity index (χ4v) is 1.34. The molecule has 0 saturated carbocycles. The lowest BCUT2D eigenvalue weighted by atomic mass is 10.2. The molecule has 0 spiro atoms. The molecule has 0 N–H and O–H groups in total. The summed E-state index contributed by atoms with van der Waals surface area (Å²) in [4.78, 5) is 1.00. The van der Waals surface area contributed by atoms with E-state index in [9.17, 15) is 4.39 Å². The maximum atomic E-state index is 11.8. The zero-order valence-electron chi connectivity index (χ0n) is 5.80. The van der Waals surface area contributed by atoms with Gasteiger partial charge in [0, 0.05) is 4.90 Å². The van der Waals surface area contributed by atoms with E-state index in [0.717, 1.165) is 4.90 Å². The fraction of sp³-hybridized carbons (Fsp3) is 0.250. The van der Waals surface area contributed by atoms with Crippen molar-refractivity contribution in [1.82, 2.24) is 0 Å². The molecule has 0 radical (unpaired) electrons. The van der Waals surface area contributed by atoms with Crippen LogP contribution in [0.1, 0.15) is 5.56 Å². The van der Waals surface area contributed by atoms with Crippen molar-refractivity contribution in [2.24, 2.45) is 0 Å². The SMILES string of the molecule is Cc1cccc(SCF)c1. The summed E-state index contributed by atoms with van der Waals surface area (Å²) in [5, 5.41) is 0. The molecule has 0 aliphatic rings. The Kier molecular flexibility index (Phi) is 2.75. The highest BCUT2D eigenvalue weighted by molar-refractivity contribution is 7.99. The van der Waals surface area contributed by atoms with Gasteiger partial charge in [-0.25, -0.2) is 4.39 Å². The standard InChI is InChI=1S/C8H9FS/c1-7-3-2-4-8(5-7)10-6-9/h2-5H,6H2,1H3. The second-order valence-electron chi connectivity index (χ2n) is 2.07. The third-order valence-electron chi connectivity index (χ3n) is 1.21. The highest BCUT2D eigenvalue weighted by Crippen LogP contribution is 2.18. The van der Waals surface area contributed by atoms with Crippen LogP contribution >= 0.6 is 11.8 Å². The van der Waals surface area contributed by atoms with Crippen LogP contribution in [0.2, 0.25) is 0 Å². The summed E-state index contributed by atoms with van der Waals surface area (Å²) in [5.41, 5.74) is 1.18. The number of halogens is 1. The van der Waals surface area contributed by atoms with Crippen molar-refractivity contribution in [3.8, 4) is 0 Å². The van der Waals surface area contributed by atoms with E-state index in [1.54, 1.807) is 0 Å². The van der Waals surface area contributed by atoms with Gasteiger partial charge in [-0.05, 0) is 19.1 Å². The Hall–Kier alpha value is -0.500. The fourth-order valence-electron chi connectivity index (χ4n) is 0.768. The Labute approximate surface area is 64.4 Å². The number of hydrogen-bond donors (Lipinski definition) is 0. The number of alkyl halides is 1. The molecule has 0 amide bonds. The first-order valence-corrected chi connectivity index (χ1v) is 4.07. The van der Waals surface area contributed by atoms with Crippen LogP contribution in [0, 0.1) is 6.92 Å². The maximum absolute atomic E-state index is 11.8. The van der Waals surface area contributed by atoms with E-state index in [-0.39, 0.29) is 6.01 Å². The summed E-state index contributed by atoms with van der Waals surface area (Å²) in [6.45, 7) is 2.00. The monoisotopic (exact) mass is 156 g/mol. The topological polar surface area (TPSA) is 0 Å². The molecule has 0 bridgehead atoms. The molecule has 0 aliphatic heterocycles. The number of aryl methyl sites for hydroxylation is 1. The normalized spacial score (nSPS) is 9.80. The minimum atomic E-state index is -0.344. The smallest absolute Gasteiger partial charge is 0.139 e. The molecular weight excluding hydrogens is 147 g/mol. The Morgan fingerprint density at radius 1 is 1.50 bits per heavy atom. The average Bonchev–Trinajstić information content (AvgIpc) is 1.88. The van der Waals surface area contributed by atoms with E-state index >= 15 is 0 Å². The minimum Gasteiger partial charge on any atom is -0.239 e. The van der Waals surface area contributed by atoms with Crippen LogP contribution in [0.15, 0.2) is 29.2 Å². The van der Waals surface area contributed by atoms with Gasteiger partial charge in [-0.3, -0.25) is 0 Å². The van der Waals surface area contributed by atoms with Crippen LogP contribution < -0.4 is 0 Å². The predicted octanol–water partition coefficient (Wildman–Crippen LogP) is 3.01. The van der Waals surface area contributed by atoms with E-state index < -0.39 is 0 Å². The molecule has 0 aliphatic carbocycles. The third kappa shape index (κ3) is 2.03. The van der Waals surface area contributed by atoms with Crippen molar-refractivity contribution in [3.63, 3.8) is 0 Å². The second kappa shape index (κ2) is 3.62. The van der Waals surface area contributed by atoms with E-state index in [1.165, 1.54) is 17.3 Å². The number of hydrogen-bond acceptors (Lipinski definition) is 1. The molecule has 0 aromatic heterocycles. The van der Waals surface area contributed by atoms with Crippen LogP contribution in [0.4, 0.5) is 4.39 Å².